The van der Waals surface area contributed by atoms with Crippen molar-refractivity contribution in [3.05, 3.63) is 66.0 Å². The summed E-state index contributed by atoms with van der Waals surface area (Å²) < 4.78 is 0. The molecule has 0 amide bonds. The summed E-state index contributed by atoms with van der Waals surface area (Å²) in [5, 5.41) is 12.5. The first-order valence-corrected chi connectivity index (χ1v) is 6.45. The molecule has 0 radical (unpaired) electrons. The summed E-state index contributed by atoms with van der Waals surface area (Å²) in [5.41, 5.74) is 2.14. The van der Waals surface area contributed by atoms with Gasteiger partial charge in [0.1, 0.15) is 0 Å². The highest BCUT2D eigenvalue weighted by Crippen LogP contribution is 2.12. The minimum Gasteiger partial charge on any atom is -0.315 e. The maximum absolute atomic E-state index is 9.19. The zero-order valence-electron chi connectivity index (χ0n) is 10.8. The van der Waals surface area contributed by atoms with Crippen molar-refractivity contribution in [3.63, 3.8) is 0 Å². The Morgan fingerprint density at radius 3 is 2.58 bits per heavy atom. The molecule has 2 rings (SSSR count). The molecule has 1 N–H and O–H groups in total. The zero-order valence-corrected chi connectivity index (χ0v) is 10.8. The highest BCUT2D eigenvalue weighted by molar-refractivity contribution is 5.25. The quantitative estimate of drug-likeness (QED) is 0.802. The van der Waals surface area contributed by atoms with E-state index in [1.807, 2.05) is 48.5 Å². The fourth-order valence-electron chi connectivity index (χ4n) is 1.93. The summed E-state index contributed by atoms with van der Waals surface area (Å²) in [6, 6.07) is 18.1. The van der Waals surface area contributed by atoms with Crippen LogP contribution in [-0.2, 0) is 6.42 Å². The van der Waals surface area contributed by atoms with Crippen LogP contribution in [0.25, 0.3) is 0 Å². The molecule has 0 aliphatic rings. The molecule has 19 heavy (non-hydrogen) atoms. The van der Waals surface area contributed by atoms with Crippen LogP contribution in [-0.4, -0.2) is 18.1 Å². The van der Waals surface area contributed by atoms with Crippen molar-refractivity contribution in [1.82, 2.24) is 10.3 Å². The Hall–Kier alpha value is -2.18. The van der Waals surface area contributed by atoms with Gasteiger partial charge in [0.05, 0.1) is 12.0 Å². The molecule has 96 valence electrons. The van der Waals surface area contributed by atoms with E-state index in [2.05, 4.69) is 16.4 Å². The predicted molar refractivity (Wildman–Crippen MR) is 75.6 cm³/mol. The molecule has 1 heterocycles. The summed E-state index contributed by atoms with van der Waals surface area (Å²) >= 11 is 0. The van der Waals surface area contributed by atoms with Crippen molar-refractivity contribution >= 4 is 0 Å². The van der Waals surface area contributed by atoms with Gasteiger partial charge in [-0.05, 0) is 17.7 Å². The van der Waals surface area contributed by atoms with E-state index in [0.717, 1.165) is 24.2 Å². The average molecular weight is 251 g/mol. The van der Waals surface area contributed by atoms with Crippen LogP contribution >= 0.6 is 0 Å². The first-order chi connectivity index (χ1) is 9.40. The molecule has 1 atom stereocenters. The van der Waals surface area contributed by atoms with Gasteiger partial charge in [-0.2, -0.15) is 5.26 Å². The molecule has 0 spiro atoms. The van der Waals surface area contributed by atoms with E-state index in [4.69, 9.17) is 0 Å². The maximum atomic E-state index is 9.19. The van der Waals surface area contributed by atoms with Gasteiger partial charge in [-0.25, -0.2) is 0 Å². The van der Waals surface area contributed by atoms with Gasteiger partial charge in [-0.1, -0.05) is 36.4 Å². The molecule has 0 bridgehead atoms. The van der Waals surface area contributed by atoms with Gasteiger partial charge < -0.3 is 5.32 Å². The number of benzene rings is 1. The van der Waals surface area contributed by atoms with Crippen LogP contribution in [0.2, 0.25) is 0 Å². The Morgan fingerprint density at radius 1 is 1.11 bits per heavy atom. The van der Waals surface area contributed by atoms with Crippen molar-refractivity contribution < 1.29 is 0 Å². The van der Waals surface area contributed by atoms with Gasteiger partial charge in [-0.3, -0.25) is 4.98 Å². The number of aromatic nitrogens is 1. The molecule has 0 aliphatic heterocycles. The van der Waals surface area contributed by atoms with Crippen LogP contribution in [0.1, 0.15) is 17.2 Å². The highest BCUT2D eigenvalue weighted by atomic mass is 14.9. The summed E-state index contributed by atoms with van der Waals surface area (Å²) in [6.45, 7) is 1.51. The molecular formula is C16H17N3. The van der Waals surface area contributed by atoms with Crippen molar-refractivity contribution in [2.75, 3.05) is 13.1 Å². The molecule has 2 aromatic rings. The first-order valence-electron chi connectivity index (χ1n) is 6.45. The van der Waals surface area contributed by atoms with Crippen LogP contribution < -0.4 is 5.32 Å². The summed E-state index contributed by atoms with van der Waals surface area (Å²) in [6.07, 6.45) is 2.69. The van der Waals surface area contributed by atoms with Gasteiger partial charge in [-0.15, -0.1) is 0 Å². The fourth-order valence-corrected chi connectivity index (χ4v) is 1.93. The van der Waals surface area contributed by atoms with Gasteiger partial charge in [0.2, 0.25) is 0 Å². The molecule has 0 fully saturated rings. The molecule has 1 aromatic carbocycles. The molecule has 3 heteroatoms. The number of hydrogen-bond acceptors (Lipinski definition) is 3. The standard InChI is InChI=1S/C16H17N3/c17-12-15(14-6-2-1-3-7-14)13-18-11-9-16-8-4-5-10-19-16/h1-8,10,15,18H,9,11,13H2. The second-order valence-electron chi connectivity index (χ2n) is 4.37. The van der Waals surface area contributed by atoms with Crippen LogP contribution in [0.5, 0.6) is 0 Å². The fraction of sp³-hybridized carbons (Fsp3) is 0.250. The average Bonchev–Trinajstić information content (AvgIpc) is 2.49. The smallest absolute Gasteiger partial charge is 0.0837 e. The minimum atomic E-state index is -0.0927. The predicted octanol–water partition coefficient (Wildman–Crippen LogP) is 2.52. The first kappa shape index (κ1) is 13.3. The Morgan fingerprint density at radius 2 is 1.89 bits per heavy atom. The van der Waals surface area contributed by atoms with E-state index in [0.29, 0.717) is 6.54 Å². The second-order valence-corrected chi connectivity index (χ2v) is 4.37. The second kappa shape index (κ2) is 7.30. The monoisotopic (exact) mass is 251 g/mol. The molecule has 1 aromatic heterocycles. The van der Waals surface area contributed by atoms with Crippen molar-refractivity contribution in [2.24, 2.45) is 0 Å². The largest absolute Gasteiger partial charge is 0.315 e. The third kappa shape index (κ3) is 4.20. The van der Waals surface area contributed by atoms with E-state index in [1.54, 1.807) is 6.20 Å². The maximum Gasteiger partial charge on any atom is 0.0837 e. The van der Waals surface area contributed by atoms with Crippen LogP contribution in [0.3, 0.4) is 0 Å². The SMILES string of the molecule is N#CC(CNCCc1ccccn1)c1ccccc1. The van der Waals surface area contributed by atoms with Gasteiger partial charge in [0, 0.05) is 31.4 Å². The Kier molecular flexibility index (Phi) is 5.09. The lowest BCUT2D eigenvalue weighted by Crippen LogP contribution is -2.23. The van der Waals surface area contributed by atoms with E-state index in [-0.39, 0.29) is 5.92 Å². The molecule has 3 nitrogen and oxygen atoms in total. The zero-order chi connectivity index (χ0) is 13.3. The Bertz CT molecular complexity index is 517. The Balaban J connectivity index is 1.77. The molecule has 0 saturated carbocycles. The number of nitrogens with zero attached hydrogens (tertiary/aromatic N) is 2. The number of hydrogen-bond donors (Lipinski definition) is 1. The van der Waals surface area contributed by atoms with Crippen LogP contribution in [0.15, 0.2) is 54.7 Å². The number of nitriles is 1. The Labute approximate surface area is 113 Å². The van der Waals surface area contributed by atoms with Crippen LogP contribution in [0.4, 0.5) is 0 Å². The lowest BCUT2D eigenvalue weighted by molar-refractivity contribution is 0.645. The van der Waals surface area contributed by atoms with E-state index >= 15 is 0 Å². The highest BCUT2D eigenvalue weighted by Gasteiger charge is 2.08. The summed E-state index contributed by atoms with van der Waals surface area (Å²) in [7, 11) is 0. The molecule has 1 unspecified atom stereocenters. The summed E-state index contributed by atoms with van der Waals surface area (Å²) in [4.78, 5) is 4.27. The van der Waals surface area contributed by atoms with Crippen LogP contribution in [0, 0.1) is 11.3 Å². The number of pyridine rings is 1. The lowest BCUT2D eigenvalue weighted by atomic mass is 10.0. The molecule has 0 saturated heterocycles. The summed E-state index contributed by atoms with van der Waals surface area (Å²) in [5.74, 6) is -0.0927. The van der Waals surface area contributed by atoms with Crippen molar-refractivity contribution in [2.45, 2.75) is 12.3 Å². The topological polar surface area (TPSA) is 48.7 Å². The van der Waals surface area contributed by atoms with E-state index in [9.17, 15) is 5.26 Å². The lowest BCUT2D eigenvalue weighted by Gasteiger charge is -2.10. The number of nitrogens with one attached hydrogen (secondary N) is 1. The molecule has 0 aliphatic carbocycles. The van der Waals surface area contributed by atoms with Gasteiger partial charge >= 0.3 is 0 Å². The van der Waals surface area contributed by atoms with Crippen molar-refractivity contribution in [1.29, 1.82) is 5.26 Å². The van der Waals surface area contributed by atoms with E-state index in [1.165, 1.54) is 0 Å². The van der Waals surface area contributed by atoms with Crippen molar-refractivity contribution in [3.8, 4) is 6.07 Å². The third-order valence-electron chi connectivity index (χ3n) is 2.99. The minimum absolute atomic E-state index is 0.0927. The third-order valence-corrected chi connectivity index (χ3v) is 2.99. The number of rotatable bonds is 6. The van der Waals surface area contributed by atoms with Gasteiger partial charge in [0.25, 0.3) is 0 Å². The molecular weight excluding hydrogens is 234 g/mol. The van der Waals surface area contributed by atoms with Gasteiger partial charge in [0.15, 0.2) is 0 Å². The normalized spacial score (nSPS) is 11.7. The van der Waals surface area contributed by atoms with E-state index < -0.39 is 0 Å².